The van der Waals surface area contributed by atoms with E-state index in [4.69, 9.17) is 0 Å². The van der Waals surface area contributed by atoms with Crippen LogP contribution >= 0.6 is 0 Å². The van der Waals surface area contributed by atoms with Gasteiger partial charge in [0, 0.05) is 25.2 Å². The summed E-state index contributed by atoms with van der Waals surface area (Å²) in [6.45, 7) is 2.60. The summed E-state index contributed by atoms with van der Waals surface area (Å²) < 4.78 is 13.0. The lowest BCUT2D eigenvalue weighted by Crippen LogP contribution is -2.32. The minimum absolute atomic E-state index is 0.0492. The zero-order chi connectivity index (χ0) is 23.8. The van der Waals surface area contributed by atoms with Gasteiger partial charge in [-0.25, -0.2) is 4.39 Å². The fourth-order valence-electron chi connectivity index (χ4n) is 3.58. The summed E-state index contributed by atoms with van der Waals surface area (Å²) in [5.74, 6) is -0.620. The van der Waals surface area contributed by atoms with Crippen molar-refractivity contribution in [2.45, 2.75) is 38.5 Å². The van der Waals surface area contributed by atoms with Gasteiger partial charge in [0.2, 0.25) is 5.91 Å². The van der Waals surface area contributed by atoms with Crippen LogP contribution < -0.4 is 10.6 Å². The summed E-state index contributed by atoms with van der Waals surface area (Å²) in [6.07, 6.45) is 0.0705. The highest BCUT2D eigenvalue weighted by molar-refractivity contribution is 5.78. The molecule has 3 aromatic carbocycles. The SMILES string of the molecule is CC(Cc1cccc(CC(=O)NCc2ccc(F)cc2)c1)NCC(O)c1cc(O)cc(O)c1. The van der Waals surface area contributed by atoms with Gasteiger partial charge in [-0.15, -0.1) is 0 Å². The normalized spacial score (nSPS) is 12.8. The Morgan fingerprint density at radius 2 is 1.61 bits per heavy atom. The van der Waals surface area contributed by atoms with Crippen LogP contribution in [0, 0.1) is 5.82 Å². The molecule has 0 bridgehead atoms. The van der Waals surface area contributed by atoms with Gasteiger partial charge in [0.25, 0.3) is 0 Å². The molecular formula is C26H29FN2O4. The Balaban J connectivity index is 1.47. The predicted molar refractivity (Wildman–Crippen MR) is 124 cm³/mol. The third-order valence-corrected chi connectivity index (χ3v) is 5.27. The largest absolute Gasteiger partial charge is 0.508 e. The van der Waals surface area contributed by atoms with E-state index in [9.17, 15) is 24.5 Å². The molecule has 2 unspecified atom stereocenters. The number of carbonyl (C=O) groups is 1. The molecule has 5 N–H and O–H groups in total. The highest BCUT2D eigenvalue weighted by atomic mass is 19.1. The van der Waals surface area contributed by atoms with E-state index in [0.29, 0.717) is 18.5 Å². The molecule has 0 aliphatic carbocycles. The fraction of sp³-hybridized carbons (Fsp3) is 0.269. The average Bonchev–Trinajstić information content (AvgIpc) is 2.76. The Morgan fingerprint density at radius 1 is 0.939 bits per heavy atom. The number of halogens is 1. The Bertz CT molecular complexity index is 1050. The lowest BCUT2D eigenvalue weighted by molar-refractivity contribution is -0.120. The van der Waals surface area contributed by atoms with E-state index in [1.54, 1.807) is 12.1 Å². The zero-order valence-corrected chi connectivity index (χ0v) is 18.5. The van der Waals surface area contributed by atoms with E-state index < -0.39 is 6.10 Å². The first-order valence-electron chi connectivity index (χ1n) is 10.8. The van der Waals surface area contributed by atoms with E-state index in [-0.39, 0.29) is 42.2 Å². The van der Waals surface area contributed by atoms with Gasteiger partial charge in [-0.05, 0) is 59.9 Å². The molecule has 0 saturated carbocycles. The van der Waals surface area contributed by atoms with Gasteiger partial charge in [-0.1, -0.05) is 36.4 Å². The van der Waals surface area contributed by atoms with Crippen LogP contribution in [0.1, 0.15) is 35.3 Å². The molecule has 0 fully saturated rings. The van der Waals surface area contributed by atoms with E-state index in [0.717, 1.165) is 16.7 Å². The third kappa shape index (κ3) is 7.89. The molecule has 0 spiro atoms. The molecule has 3 aromatic rings. The van der Waals surface area contributed by atoms with Crippen LogP contribution in [0.2, 0.25) is 0 Å². The Kier molecular flexibility index (Phi) is 8.40. The van der Waals surface area contributed by atoms with Crippen molar-refractivity contribution in [1.82, 2.24) is 10.6 Å². The monoisotopic (exact) mass is 452 g/mol. The van der Waals surface area contributed by atoms with Crippen molar-refractivity contribution in [3.8, 4) is 11.5 Å². The van der Waals surface area contributed by atoms with Gasteiger partial charge in [0.15, 0.2) is 0 Å². The van der Waals surface area contributed by atoms with E-state index in [1.165, 1.54) is 30.3 Å². The van der Waals surface area contributed by atoms with Gasteiger partial charge in [-0.3, -0.25) is 4.79 Å². The Labute approximate surface area is 192 Å². The molecule has 1 amide bonds. The smallest absolute Gasteiger partial charge is 0.224 e. The van der Waals surface area contributed by atoms with Crippen LogP contribution in [0.4, 0.5) is 4.39 Å². The molecule has 0 aliphatic heterocycles. The fourth-order valence-corrected chi connectivity index (χ4v) is 3.58. The molecule has 0 heterocycles. The van der Waals surface area contributed by atoms with Gasteiger partial charge >= 0.3 is 0 Å². The lowest BCUT2D eigenvalue weighted by atomic mass is 10.0. The number of phenols is 2. The number of hydrogen-bond donors (Lipinski definition) is 5. The van der Waals surface area contributed by atoms with Gasteiger partial charge < -0.3 is 26.0 Å². The number of aliphatic hydroxyl groups excluding tert-OH is 1. The Morgan fingerprint density at radius 3 is 2.30 bits per heavy atom. The molecule has 174 valence electrons. The van der Waals surface area contributed by atoms with Gasteiger partial charge in [-0.2, -0.15) is 0 Å². The highest BCUT2D eigenvalue weighted by Crippen LogP contribution is 2.24. The van der Waals surface area contributed by atoms with Crippen molar-refractivity contribution in [1.29, 1.82) is 0 Å². The first-order valence-corrected chi connectivity index (χ1v) is 10.8. The maximum atomic E-state index is 13.0. The highest BCUT2D eigenvalue weighted by Gasteiger charge is 2.12. The van der Waals surface area contributed by atoms with Crippen molar-refractivity contribution < 1.29 is 24.5 Å². The van der Waals surface area contributed by atoms with E-state index >= 15 is 0 Å². The second kappa shape index (κ2) is 11.4. The van der Waals surface area contributed by atoms with Crippen LogP contribution in [0.15, 0.2) is 66.7 Å². The summed E-state index contributed by atoms with van der Waals surface area (Å²) in [5.41, 5.74) is 3.22. The number of hydrogen-bond acceptors (Lipinski definition) is 5. The van der Waals surface area contributed by atoms with Crippen molar-refractivity contribution in [2.75, 3.05) is 6.54 Å². The number of amides is 1. The number of nitrogens with one attached hydrogen (secondary N) is 2. The number of aromatic hydroxyl groups is 2. The van der Waals surface area contributed by atoms with Crippen molar-refractivity contribution in [3.63, 3.8) is 0 Å². The molecule has 3 rings (SSSR count). The first kappa shape index (κ1) is 24.2. The second-order valence-electron chi connectivity index (χ2n) is 8.21. The Hall–Kier alpha value is -3.42. The van der Waals surface area contributed by atoms with Gasteiger partial charge in [0.1, 0.15) is 17.3 Å². The molecular weight excluding hydrogens is 423 g/mol. The summed E-state index contributed by atoms with van der Waals surface area (Å²) in [5, 5.41) is 35.6. The van der Waals surface area contributed by atoms with E-state index in [1.807, 2.05) is 31.2 Å². The topological polar surface area (TPSA) is 102 Å². The summed E-state index contributed by atoms with van der Waals surface area (Å²) in [6, 6.07) is 17.9. The summed E-state index contributed by atoms with van der Waals surface area (Å²) >= 11 is 0. The molecule has 0 aromatic heterocycles. The lowest BCUT2D eigenvalue weighted by Gasteiger charge is -2.18. The standard InChI is InChI=1S/C26H29FN2O4/c1-17(28-16-25(32)21-12-23(30)14-24(31)13-21)9-19-3-2-4-20(10-19)11-26(33)29-15-18-5-7-22(27)8-6-18/h2-8,10,12-14,17,25,28,30-32H,9,11,15-16H2,1H3,(H,29,33). The molecule has 0 radical (unpaired) electrons. The number of phenolic OH excluding ortho intramolecular Hbond substituents is 2. The predicted octanol–water partition coefficient (Wildman–Crippen LogP) is 3.35. The van der Waals surface area contributed by atoms with Crippen LogP contribution in [0.25, 0.3) is 0 Å². The second-order valence-corrected chi connectivity index (χ2v) is 8.21. The molecule has 0 saturated heterocycles. The maximum absolute atomic E-state index is 13.0. The van der Waals surface area contributed by atoms with Crippen LogP contribution in [-0.4, -0.2) is 33.8 Å². The average molecular weight is 453 g/mol. The zero-order valence-electron chi connectivity index (χ0n) is 18.5. The molecule has 7 heteroatoms. The molecule has 2 atom stereocenters. The molecule has 6 nitrogen and oxygen atoms in total. The van der Waals surface area contributed by atoms with Gasteiger partial charge in [0.05, 0.1) is 12.5 Å². The third-order valence-electron chi connectivity index (χ3n) is 5.27. The van der Waals surface area contributed by atoms with E-state index in [2.05, 4.69) is 10.6 Å². The number of aliphatic hydroxyl groups is 1. The van der Waals surface area contributed by atoms with Crippen LogP contribution in [-0.2, 0) is 24.2 Å². The maximum Gasteiger partial charge on any atom is 0.224 e. The summed E-state index contributed by atoms with van der Waals surface area (Å²) in [7, 11) is 0. The quantitative estimate of drug-likeness (QED) is 0.325. The molecule has 0 aliphatic rings. The minimum atomic E-state index is -0.874. The van der Waals surface area contributed by atoms with Crippen molar-refractivity contribution in [3.05, 3.63) is 94.8 Å². The van der Waals surface area contributed by atoms with Crippen LogP contribution in [0.3, 0.4) is 0 Å². The van der Waals surface area contributed by atoms with Crippen molar-refractivity contribution in [2.24, 2.45) is 0 Å². The summed E-state index contributed by atoms with van der Waals surface area (Å²) in [4.78, 5) is 12.3. The number of benzene rings is 3. The number of carbonyl (C=O) groups excluding carboxylic acids is 1. The molecule has 33 heavy (non-hydrogen) atoms. The number of rotatable bonds is 10. The van der Waals surface area contributed by atoms with Crippen LogP contribution in [0.5, 0.6) is 11.5 Å². The first-order chi connectivity index (χ1) is 15.8. The minimum Gasteiger partial charge on any atom is -0.508 e. The van der Waals surface area contributed by atoms with Crippen molar-refractivity contribution >= 4 is 5.91 Å².